The third kappa shape index (κ3) is 4.55. The molecule has 2 N–H and O–H groups in total. The number of rotatable bonds is 5. The van der Waals surface area contributed by atoms with Crippen molar-refractivity contribution in [3.63, 3.8) is 0 Å². The third-order valence-corrected chi connectivity index (χ3v) is 5.62. The molecule has 0 amide bonds. The van der Waals surface area contributed by atoms with Gasteiger partial charge in [0.2, 0.25) is 0 Å². The summed E-state index contributed by atoms with van der Waals surface area (Å²) >= 11 is 5.27. The van der Waals surface area contributed by atoms with Crippen molar-refractivity contribution in [3.8, 4) is 0 Å². The van der Waals surface area contributed by atoms with Crippen LogP contribution in [0.2, 0.25) is 0 Å². The molecular weight excluding hydrogens is 322 g/mol. The van der Waals surface area contributed by atoms with Crippen molar-refractivity contribution in [2.24, 2.45) is 5.73 Å². The second-order valence-corrected chi connectivity index (χ2v) is 7.27. The highest BCUT2D eigenvalue weighted by atomic mass is 79.9. The van der Waals surface area contributed by atoms with Gasteiger partial charge in [-0.3, -0.25) is 0 Å². The Morgan fingerprint density at radius 3 is 2.58 bits per heavy atom. The van der Waals surface area contributed by atoms with Gasteiger partial charge in [-0.2, -0.15) is 0 Å². The number of nitrogens with two attached hydrogens (primary N) is 1. The minimum Gasteiger partial charge on any atom is -0.368 e. The molecule has 0 saturated heterocycles. The Hall–Kier alpha value is 0.1000. The van der Waals surface area contributed by atoms with Crippen LogP contribution >= 0.6 is 27.3 Å². The second-order valence-electron chi connectivity index (χ2n) is 5.41. The molecule has 1 heterocycles. The largest absolute Gasteiger partial charge is 0.368 e. The van der Waals surface area contributed by atoms with Crippen molar-refractivity contribution in [1.82, 2.24) is 0 Å². The molecule has 4 heteroatoms. The van der Waals surface area contributed by atoms with Gasteiger partial charge in [0.25, 0.3) is 0 Å². The quantitative estimate of drug-likeness (QED) is 0.759. The molecule has 2 nitrogen and oxygen atoms in total. The SMILES string of the molecule is CCC(N)C(OC1CCCCCC1)c1cc(Br)cs1. The van der Waals surface area contributed by atoms with Gasteiger partial charge in [0.1, 0.15) is 6.10 Å². The maximum atomic E-state index is 6.39. The molecule has 1 aliphatic carbocycles. The highest BCUT2D eigenvalue weighted by Crippen LogP contribution is 2.33. The average Bonchev–Trinajstić information content (AvgIpc) is 2.68. The maximum Gasteiger partial charge on any atom is 0.107 e. The van der Waals surface area contributed by atoms with E-state index in [0.717, 1.165) is 10.9 Å². The van der Waals surface area contributed by atoms with E-state index < -0.39 is 0 Å². The molecule has 1 saturated carbocycles. The van der Waals surface area contributed by atoms with Gasteiger partial charge in [0, 0.05) is 20.8 Å². The Kier molecular flexibility index (Phi) is 6.33. The van der Waals surface area contributed by atoms with Gasteiger partial charge in [0.05, 0.1) is 6.10 Å². The van der Waals surface area contributed by atoms with Crippen molar-refractivity contribution in [2.45, 2.75) is 70.1 Å². The van der Waals surface area contributed by atoms with E-state index in [4.69, 9.17) is 10.5 Å². The van der Waals surface area contributed by atoms with Crippen molar-refractivity contribution in [2.75, 3.05) is 0 Å². The van der Waals surface area contributed by atoms with Gasteiger partial charge in [0.15, 0.2) is 0 Å². The molecule has 0 spiro atoms. The molecule has 0 aliphatic heterocycles. The zero-order valence-electron chi connectivity index (χ0n) is 11.6. The summed E-state index contributed by atoms with van der Waals surface area (Å²) in [6.07, 6.45) is 9.10. The van der Waals surface area contributed by atoms with Crippen LogP contribution in [0.3, 0.4) is 0 Å². The monoisotopic (exact) mass is 345 g/mol. The summed E-state index contributed by atoms with van der Waals surface area (Å²) in [6.45, 7) is 2.14. The molecule has 1 aromatic rings. The van der Waals surface area contributed by atoms with Gasteiger partial charge in [-0.25, -0.2) is 0 Å². The van der Waals surface area contributed by atoms with Crippen molar-refractivity contribution < 1.29 is 4.74 Å². The van der Waals surface area contributed by atoms with E-state index in [2.05, 4.69) is 34.3 Å². The Balaban J connectivity index is 2.04. The lowest BCUT2D eigenvalue weighted by Gasteiger charge is -2.27. The average molecular weight is 346 g/mol. The van der Waals surface area contributed by atoms with E-state index in [0.29, 0.717) is 6.10 Å². The molecule has 108 valence electrons. The van der Waals surface area contributed by atoms with Crippen molar-refractivity contribution >= 4 is 27.3 Å². The molecular formula is C15H24BrNOS. The zero-order valence-corrected chi connectivity index (χ0v) is 14.0. The van der Waals surface area contributed by atoms with E-state index in [1.807, 2.05) is 0 Å². The molecule has 1 fully saturated rings. The third-order valence-electron chi connectivity index (χ3n) is 3.87. The van der Waals surface area contributed by atoms with Crippen LogP contribution in [-0.2, 0) is 4.74 Å². The normalized spacial score (nSPS) is 21.0. The van der Waals surface area contributed by atoms with E-state index in [-0.39, 0.29) is 12.1 Å². The van der Waals surface area contributed by atoms with Crippen LogP contribution in [0.5, 0.6) is 0 Å². The minimum absolute atomic E-state index is 0.0596. The lowest BCUT2D eigenvalue weighted by Crippen LogP contribution is -2.32. The Bertz CT molecular complexity index is 374. The molecule has 0 radical (unpaired) electrons. The van der Waals surface area contributed by atoms with Crippen LogP contribution in [0.15, 0.2) is 15.9 Å². The summed E-state index contributed by atoms with van der Waals surface area (Å²) in [4.78, 5) is 1.26. The number of hydrogen-bond acceptors (Lipinski definition) is 3. The number of halogens is 1. The molecule has 0 bridgehead atoms. The van der Waals surface area contributed by atoms with Crippen LogP contribution in [-0.4, -0.2) is 12.1 Å². The maximum absolute atomic E-state index is 6.39. The van der Waals surface area contributed by atoms with E-state index in [1.165, 1.54) is 43.4 Å². The molecule has 1 aromatic heterocycles. The van der Waals surface area contributed by atoms with Gasteiger partial charge in [-0.15, -0.1) is 11.3 Å². The number of hydrogen-bond donors (Lipinski definition) is 1. The predicted molar refractivity (Wildman–Crippen MR) is 85.6 cm³/mol. The van der Waals surface area contributed by atoms with Crippen LogP contribution in [0, 0.1) is 0 Å². The Labute approximate surface area is 128 Å². The Morgan fingerprint density at radius 2 is 2.05 bits per heavy atom. The number of ether oxygens (including phenoxy) is 1. The lowest BCUT2D eigenvalue weighted by atomic mass is 10.1. The van der Waals surface area contributed by atoms with E-state index in [9.17, 15) is 0 Å². The second kappa shape index (κ2) is 7.77. The summed E-state index contributed by atoms with van der Waals surface area (Å²) in [5.41, 5.74) is 6.28. The smallest absolute Gasteiger partial charge is 0.107 e. The van der Waals surface area contributed by atoms with Gasteiger partial charge in [-0.05, 0) is 41.3 Å². The first-order valence-electron chi connectivity index (χ1n) is 7.35. The standard InChI is InChI=1S/C15H24BrNOS/c1-2-13(17)15(14-9-11(16)10-19-14)18-12-7-5-3-4-6-8-12/h9-10,12-13,15H,2-8,17H2,1H3. The van der Waals surface area contributed by atoms with Gasteiger partial charge < -0.3 is 10.5 Å². The summed E-state index contributed by atoms with van der Waals surface area (Å²) in [5, 5.41) is 2.11. The van der Waals surface area contributed by atoms with Crippen LogP contribution in [0.1, 0.15) is 62.9 Å². The van der Waals surface area contributed by atoms with Crippen LogP contribution in [0.4, 0.5) is 0 Å². The van der Waals surface area contributed by atoms with E-state index >= 15 is 0 Å². The fraction of sp³-hybridized carbons (Fsp3) is 0.733. The fourth-order valence-electron chi connectivity index (χ4n) is 2.66. The molecule has 2 unspecified atom stereocenters. The van der Waals surface area contributed by atoms with Crippen LogP contribution in [0.25, 0.3) is 0 Å². The highest BCUT2D eigenvalue weighted by molar-refractivity contribution is 9.10. The molecule has 19 heavy (non-hydrogen) atoms. The summed E-state index contributed by atoms with van der Waals surface area (Å²) < 4.78 is 7.52. The minimum atomic E-state index is 0.0596. The molecule has 1 aliphatic rings. The highest BCUT2D eigenvalue weighted by Gasteiger charge is 2.25. The topological polar surface area (TPSA) is 35.2 Å². The van der Waals surface area contributed by atoms with Gasteiger partial charge >= 0.3 is 0 Å². The van der Waals surface area contributed by atoms with E-state index in [1.54, 1.807) is 11.3 Å². The zero-order chi connectivity index (χ0) is 13.7. The summed E-state index contributed by atoms with van der Waals surface area (Å²) in [7, 11) is 0. The summed E-state index contributed by atoms with van der Waals surface area (Å²) in [6, 6.07) is 2.25. The first-order valence-corrected chi connectivity index (χ1v) is 9.03. The van der Waals surface area contributed by atoms with Crippen LogP contribution < -0.4 is 5.73 Å². The van der Waals surface area contributed by atoms with Crippen molar-refractivity contribution in [3.05, 3.63) is 20.8 Å². The molecule has 2 atom stereocenters. The van der Waals surface area contributed by atoms with Gasteiger partial charge in [-0.1, -0.05) is 32.6 Å². The lowest BCUT2D eigenvalue weighted by molar-refractivity contribution is -0.0323. The summed E-state index contributed by atoms with van der Waals surface area (Å²) in [5.74, 6) is 0. The Morgan fingerprint density at radius 1 is 1.37 bits per heavy atom. The first kappa shape index (κ1) is 15.5. The molecule has 2 rings (SSSR count). The fourth-order valence-corrected chi connectivity index (χ4v) is 4.21. The first-order chi connectivity index (χ1) is 9.20. The molecule has 0 aromatic carbocycles. The van der Waals surface area contributed by atoms with Crippen molar-refractivity contribution in [1.29, 1.82) is 0 Å². The predicted octanol–water partition coefficient (Wildman–Crippen LogP) is 5.03. The number of thiophene rings is 1.